The number of hydrogen-bond donors (Lipinski definition) is 2. The number of nitrogens with zero attached hydrogens (tertiary/aromatic N) is 2. The van der Waals surface area contributed by atoms with Gasteiger partial charge in [0.15, 0.2) is 5.17 Å². The highest BCUT2D eigenvalue weighted by atomic mass is 32.2. The second kappa shape index (κ2) is 6.15. The lowest BCUT2D eigenvalue weighted by Gasteiger charge is -1.99. The molecular formula is C15H14N4S2. The van der Waals surface area contributed by atoms with E-state index in [1.54, 1.807) is 11.3 Å². The van der Waals surface area contributed by atoms with Gasteiger partial charge in [-0.05, 0) is 23.6 Å². The molecule has 0 bridgehead atoms. The summed E-state index contributed by atoms with van der Waals surface area (Å²) in [6.07, 6.45) is 2.01. The Kier molecular flexibility index (Phi) is 4.08. The summed E-state index contributed by atoms with van der Waals surface area (Å²) in [5, 5.41) is 14.2. The molecule has 0 atom stereocenters. The van der Waals surface area contributed by atoms with Gasteiger partial charge in [-0.15, -0.1) is 11.3 Å². The molecule has 0 amide bonds. The first-order valence-electron chi connectivity index (χ1n) is 6.38. The van der Waals surface area contributed by atoms with Crippen LogP contribution in [0.25, 0.3) is 16.3 Å². The second-order valence-corrected chi connectivity index (χ2v) is 6.38. The third-order valence-electron chi connectivity index (χ3n) is 2.95. The molecule has 2 aromatic heterocycles. The van der Waals surface area contributed by atoms with E-state index in [2.05, 4.69) is 6.07 Å². The number of aromatic nitrogens is 2. The average Bonchev–Trinajstić information content (AvgIpc) is 3.15. The van der Waals surface area contributed by atoms with Crippen LogP contribution < -0.4 is 5.73 Å². The Labute approximate surface area is 131 Å². The van der Waals surface area contributed by atoms with Crippen LogP contribution in [-0.4, -0.2) is 14.9 Å². The maximum absolute atomic E-state index is 7.38. The van der Waals surface area contributed by atoms with E-state index in [1.165, 1.54) is 11.8 Å². The molecule has 0 aliphatic rings. The van der Waals surface area contributed by atoms with Crippen molar-refractivity contribution in [2.24, 2.45) is 5.73 Å². The fourth-order valence-electron chi connectivity index (χ4n) is 2.00. The lowest BCUT2D eigenvalue weighted by atomic mass is 10.2. The van der Waals surface area contributed by atoms with E-state index in [-0.39, 0.29) is 5.17 Å². The molecule has 0 radical (unpaired) electrons. The minimum Gasteiger partial charge on any atom is -0.379 e. The van der Waals surface area contributed by atoms with Gasteiger partial charge in [-0.1, -0.05) is 36.0 Å². The van der Waals surface area contributed by atoms with Crippen LogP contribution in [0.2, 0.25) is 0 Å². The van der Waals surface area contributed by atoms with Crippen LogP contribution in [0.15, 0.2) is 54.0 Å². The van der Waals surface area contributed by atoms with Gasteiger partial charge in [0.2, 0.25) is 0 Å². The number of thioether (sulfide) groups is 1. The quantitative estimate of drug-likeness (QED) is 0.569. The highest BCUT2D eigenvalue weighted by Crippen LogP contribution is 2.29. The van der Waals surface area contributed by atoms with E-state index < -0.39 is 0 Å². The van der Waals surface area contributed by atoms with Gasteiger partial charge in [-0.3, -0.25) is 5.41 Å². The summed E-state index contributed by atoms with van der Waals surface area (Å²) < 4.78 is 1.88. The first kappa shape index (κ1) is 13.9. The Morgan fingerprint density at radius 3 is 2.71 bits per heavy atom. The van der Waals surface area contributed by atoms with Crippen molar-refractivity contribution >= 4 is 28.3 Å². The number of hydrogen-bond acceptors (Lipinski definition) is 4. The molecule has 0 unspecified atom stereocenters. The van der Waals surface area contributed by atoms with Crippen LogP contribution in [0.1, 0.15) is 5.56 Å². The van der Waals surface area contributed by atoms with Gasteiger partial charge in [0.1, 0.15) is 5.69 Å². The Hall–Kier alpha value is -2.05. The van der Waals surface area contributed by atoms with Crippen LogP contribution in [0, 0.1) is 5.41 Å². The summed E-state index contributed by atoms with van der Waals surface area (Å²) in [6.45, 7) is 0. The number of thiophene rings is 1. The molecule has 0 aliphatic heterocycles. The van der Waals surface area contributed by atoms with Crippen LogP contribution in [0.5, 0.6) is 0 Å². The van der Waals surface area contributed by atoms with Crippen molar-refractivity contribution in [1.82, 2.24) is 9.78 Å². The molecular weight excluding hydrogens is 300 g/mol. The molecule has 0 aliphatic carbocycles. The number of nitrogens with one attached hydrogen (secondary N) is 1. The van der Waals surface area contributed by atoms with E-state index >= 15 is 0 Å². The van der Waals surface area contributed by atoms with E-state index in [0.717, 1.165) is 21.8 Å². The molecule has 1 aromatic carbocycles. The molecule has 0 spiro atoms. The van der Waals surface area contributed by atoms with Gasteiger partial charge in [0, 0.05) is 17.5 Å². The van der Waals surface area contributed by atoms with Crippen molar-refractivity contribution in [3.63, 3.8) is 0 Å². The lowest BCUT2D eigenvalue weighted by Crippen LogP contribution is -2.03. The zero-order valence-corrected chi connectivity index (χ0v) is 12.8. The van der Waals surface area contributed by atoms with Gasteiger partial charge in [-0.25, -0.2) is 4.68 Å². The van der Waals surface area contributed by atoms with Crippen LogP contribution >= 0.6 is 23.1 Å². The topological polar surface area (TPSA) is 67.7 Å². The molecule has 21 heavy (non-hydrogen) atoms. The van der Waals surface area contributed by atoms with E-state index in [0.29, 0.717) is 5.75 Å². The molecule has 0 fully saturated rings. The standard InChI is InChI=1S/C15H14N4S2/c16-15(17)21-10-11-9-19(12-5-2-1-3-6-12)18-14(11)13-7-4-8-20-13/h1-9H,10H2,(H3,16,17). The highest BCUT2D eigenvalue weighted by Gasteiger charge is 2.13. The van der Waals surface area contributed by atoms with Crippen LogP contribution in [-0.2, 0) is 5.75 Å². The average molecular weight is 314 g/mol. The Morgan fingerprint density at radius 1 is 1.24 bits per heavy atom. The van der Waals surface area contributed by atoms with Gasteiger partial charge in [-0.2, -0.15) is 5.10 Å². The maximum atomic E-state index is 7.38. The van der Waals surface area contributed by atoms with Gasteiger partial charge in [0.05, 0.1) is 10.6 Å². The summed E-state index contributed by atoms with van der Waals surface area (Å²) in [5.41, 5.74) is 8.52. The fourth-order valence-corrected chi connectivity index (χ4v) is 3.27. The summed E-state index contributed by atoms with van der Waals surface area (Å²) in [4.78, 5) is 1.13. The van der Waals surface area contributed by atoms with Gasteiger partial charge >= 0.3 is 0 Å². The summed E-state index contributed by atoms with van der Waals surface area (Å²) in [6, 6.07) is 14.1. The zero-order chi connectivity index (χ0) is 14.7. The Morgan fingerprint density at radius 2 is 2.05 bits per heavy atom. The van der Waals surface area contributed by atoms with E-state index in [9.17, 15) is 0 Å². The van der Waals surface area contributed by atoms with Crippen LogP contribution in [0.4, 0.5) is 0 Å². The van der Waals surface area contributed by atoms with Crippen molar-refractivity contribution in [2.75, 3.05) is 0 Å². The summed E-state index contributed by atoms with van der Waals surface area (Å²) in [7, 11) is 0. The van der Waals surface area contributed by atoms with E-state index in [4.69, 9.17) is 16.2 Å². The van der Waals surface area contributed by atoms with Crippen molar-refractivity contribution in [3.8, 4) is 16.3 Å². The Balaban J connectivity index is 2.00. The minimum atomic E-state index is 0.125. The van der Waals surface area contributed by atoms with Crippen LogP contribution in [0.3, 0.4) is 0 Å². The summed E-state index contributed by atoms with van der Waals surface area (Å²) >= 11 is 2.98. The number of para-hydroxylation sites is 1. The smallest absolute Gasteiger partial charge is 0.151 e. The molecule has 3 aromatic rings. The second-order valence-electron chi connectivity index (χ2n) is 4.41. The van der Waals surface area contributed by atoms with Crippen molar-refractivity contribution < 1.29 is 0 Å². The first-order valence-corrected chi connectivity index (χ1v) is 8.25. The molecule has 3 rings (SSSR count). The summed E-state index contributed by atoms with van der Waals surface area (Å²) in [5.74, 6) is 0.648. The Bertz CT molecular complexity index is 732. The van der Waals surface area contributed by atoms with Crippen molar-refractivity contribution in [2.45, 2.75) is 5.75 Å². The fraction of sp³-hybridized carbons (Fsp3) is 0.0667. The van der Waals surface area contributed by atoms with Crippen molar-refractivity contribution in [1.29, 1.82) is 5.41 Å². The third-order valence-corrected chi connectivity index (χ3v) is 4.59. The number of rotatable bonds is 4. The zero-order valence-electron chi connectivity index (χ0n) is 11.2. The van der Waals surface area contributed by atoms with E-state index in [1.807, 2.05) is 52.7 Å². The first-order chi connectivity index (χ1) is 10.2. The molecule has 4 nitrogen and oxygen atoms in total. The molecule has 0 saturated carbocycles. The van der Waals surface area contributed by atoms with Gasteiger partial charge in [0.25, 0.3) is 0 Å². The maximum Gasteiger partial charge on any atom is 0.151 e. The normalized spacial score (nSPS) is 10.7. The highest BCUT2D eigenvalue weighted by molar-refractivity contribution is 8.13. The number of nitrogens with two attached hydrogens (primary N) is 1. The molecule has 106 valence electrons. The lowest BCUT2D eigenvalue weighted by molar-refractivity contribution is 0.884. The number of amidine groups is 1. The predicted octanol–water partition coefficient (Wildman–Crippen LogP) is 3.73. The number of benzene rings is 1. The molecule has 6 heteroatoms. The minimum absolute atomic E-state index is 0.125. The molecule has 3 N–H and O–H groups in total. The monoisotopic (exact) mass is 314 g/mol. The van der Waals surface area contributed by atoms with Gasteiger partial charge < -0.3 is 5.73 Å². The SMILES string of the molecule is N=C(N)SCc1cn(-c2ccccc2)nc1-c1cccs1. The molecule has 2 heterocycles. The third kappa shape index (κ3) is 3.17. The molecule has 0 saturated heterocycles. The largest absolute Gasteiger partial charge is 0.379 e. The van der Waals surface area contributed by atoms with Crippen molar-refractivity contribution in [3.05, 3.63) is 59.6 Å². The predicted molar refractivity (Wildman–Crippen MR) is 90.1 cm³/mol.